The van der Waals surface area contributed by atoms with Crippen molar-refractivity contribution in [2.24, 2.45) is 5.92 Å². The van der Waals surface area contributed by atoms with Gasteiger partial charge in [0.2, 0.25) is 0 Å². The highest BCUT2D eigenvalue weighted by Gasteiger charge is 2.22. The molecule has 0 radical (unpaired) electrons. The lowest BCUT2D eigenvalue weighted by molar-refractivity contribution is 0.159. The number of piperazine rings is 1. The largest absolute Gasteiger partial charge is 0.314 e. The van der Waals surface area contributed by atoms with E-state index in [2.05, 4.69) is 51.0 Å². The van der Waals surface area contributed by atoms with E-state index in [1.807, 2.05) is 12.4 Å². The number of nitrogens with zero attached hydrogens (tertiary/aromatic N) is 2. The van der Waals surface area contributed by atoms with Crippen molar-refractivity contribution in [2.75, 3.05) is 26.2 Å². The second kappa shape index (κ2) is 10.8. The molecule has 0 amide bonds. The van der Waals surface area contributed by atoms with Crippen LogP contribution in [0.1, 0.15) is 38.3 Å². The third-order valence-corrected chi connectivity index (χ3v) is 4.15. The topological polar surface area (TPSA) is 28.2 Å². The molecule has 1 saturated heterocycles. The Hall–Kier alpha value is 0.130. The Bertz CT molecular complexity index is 398. The SMILES string of the molecule is CC(C)CC[C@H](c1cncc(Br)c1)N1CCNCC1.Cl.Cl. The molecular weight excluding hydrogens is 373 g/mol. The van der Waals surface area contributed by atoms with E-state index in [0.717, 1.165) is 36.6 Å². The molecule has 0 aromatic carbocycles. The summed E-state index contributed by atoms with van der Waals surface area (Å²) < 4.78 is 1.08. The van der Waals surface area contributed by atoms with Crippen molar-refractivity contribution < 1.29 is 0 Å². The molecule has 2 rings (SSSR count). The monoisotopic (exact) mass is 397 g/mol. The van der Waals surface area contributed by atoms with E-state index in [9.17, 15) is 0 Å². The highest BCUT2D eigenvalue weighted by atomic mass is 79.9. The molecule has 1 fully saturated rings. The quantitative estimate of drug-likeness (QED) is 0.810. The lowest BCUT2D eigenvalue weighted by Gasteiger charge is -2.35. The van der Waals surface area contributed by atoms with Gasteiger partial charge in [-0.1, -0.05) is 13.8 Å². The van der Waals surface area contributed by atoms with Crippen LogP contribution in [0.2, 0.25) is 0 Å². The first-order chi connectivity index (χ1) is 9.16. The Kier molecular flexibility index (Phi) is 10.9. The van der Waals surface area contributed by atoms with E-state index in [1.54, 1.807) is 0 Å². The minimum atomic E-state index is 0. The van der Waals surface area contributed by atoms with E-state index in [0.29, 0.717) is 6.04 Å². The van der Waals surface area contributed by atoms with Gasteiger partial charge in [0.1, 0.15) is 0 Å². The first-order valence-electron chi connectivity index (χ1n) is 7.22. The normalized spacial score (nSPS) is 17.0. The van der Waals surface area contributed by atoms with Crippen molar-refractivity contribution in [3.05, 3.63) is 28.5 Å². The van der Waals surface area contributed by atoms with Gasteiger partial charge in [-0.2, -0.15) is 0 Å². The minimum absolute atomic E-state index is 0. The van der Waals surface area contributed by atoms with Crippen molar-refractivity contribution in [3.63, 3.8) is 0 Å². The summed E-state index contributed by atoms with van der Waals surface area (Å²) in [5.74, 6) is 0.755. The van der Waals surface area contributed by atoms with Crippen LogP contribution in [-0.2, 0) is 0 Å². The zero-order chi connectivity index (χ0) is 13.7. The molecule has 21 heavy (non-hydrogen) atoms. The van der Waals surface area contributed by atoms with Crippen LogP contribution in [0.4, 0.5) is 0 Å². The van der Waals surface area contributed by atoms with Crippen LogP contribution in [0.15, 0.2) is 22.9 Å². The van der Waals surface area contributed by atoms with Gasteiger partial charge in [-0.05, 0) is 46.3 Å². The fourth-order valence-corrected chi connectivity index (χ4v) is 3.04. The third kappa shape index (κ3) is 6.83. The van der Waals surface area contributed by atoms with Gasteiger partial charge >= 0.3 is 0 Å². The zero-order valence-corrected chi connectivity index (χ0v) is 15.9. The van der Waals surface area contributed by atoms with E-state index >= 15 is 0 Å². The van der Waals surface area contributed by atoms with E-state index in [-0.39, 0.29) is 24.8 Å². The summed E-state index contributed by atoms with van der Waals surface area (Å²) >= 11 is 3.54. The van der Waals surface area contributed by atoms with Gasteiger partial charge in [0, 0.05) is 49.1 Å². The predicted octanol–water partition coefficient (Wildman–Crippen LogP) is 4.07. The zero-order valence-electron chi connectivity index (χ0n) is 12.7. The van der Waals surface area contributed by atoms with Crippen LogP contribution >= 0.6 is 40.7 Å². The van der Waals surface area contributed by atoms with Crippen LogP contribution in [0, 0.1) is 5.92 Å². The predicted molar refractivity (Wildman–Crippen MR) is 97.7 cm³/mol. The van der Waals surface area contributed by atoms with Gasteiger partial charge in [0.05, 0.1) is 0 Å². The van der Waals surface area contributed by atoms with Gasteiger partial charge in [-0.25, -0.2) is 0 Å². The van der Waals surface area contributed by atoms with Crippen molar-refractivity contribution >= 4 is 40.7 Å². The van der Waals surface area contributed by atoms with Gasteiger partial charge < -0.3 is 5.32 Å². The molecule has 0 unspecified atom stereocenters. The fourth-order valence-electron chi connectivity index (χ4n) is 2.66. The van der Waals surface area contributed by atoms with Crippen molar-refractivity contribution in [1.82, 2.24) is 15.2 Å². The Labute approximate surface area is 149 Å². The van der Waals surface area contributed by atoms with Crippen LogP contribution in [0.3, 0.4) is 0 Å². The molecule has 1 atom stereocenters. The number of halogens is 3. The average Bonchev–Trinajstić information content (AvgIpc) is 2.40. The van der Waals surface area contributed by atoms with E-state index in [1.165, 1.54) is 18.4 Å². The van der Waals surface area contributed by atoms with E-state index < -0.39 is 0 Å². The van der Waals surface area contributed by atoms with Crippen LogP contribution in [0.25, 0.3) is 0 Å². The maximum atomic E-state index is 4.34. The van der Waals surface area contributed by atoms with Crippen LogP contribution < -0.4 is 5.32 Å². The summed E-state index contributed by atoms with van der Waals surface area (Å²) in [6, 6.07) is 2.73. The number of hydrogen-bond donors (Lipinski definition) is 1. The Morgan fingerprint density at radius 2 is 1.86 bits per heavy atom. The summed E-state index contributed by atoms with van der Waals surface area (Å²) in [5.41, 5.74) is 1.34. The number of nitrogens with one attached hydrogen (secondary N) is 1. The Morgan fingerprint density at radius 3 is 2.43 bits per heavy atom. The average molecular weight is 399 g/mol. The number of rotatable bonds is 5. The maximum Gasteiger partial charge on any atom is 0.0410 e. The standard InChI is InChI=1S/C15H24BrN3.2ClH/c1-12(2)3-4-15(19-7-5-17-6-8-19)13-9-14(16)11-18-10-13;;/h9-12,15,17H,3-8H2,1-2H3;2*1H/t15-;;/m1../s1. The lowest BCUT2D eigenvalue weighted by Crippen LogP contribution is -2.45. The van der Waals surface area contributed by atoms with Crippen molar-refractivity contribution in [3.8, 4) is 0 Å². The maximum absolute atomic E-state index is 4.34. The first-order valence-corrected chi connectivity index (χ1v) is 8.01. The molecule has 3 nitrogen and oxygen atoms in total. The summed E-state index contributed by atoms with van der Waals surface area (Å²) in [6.07, 6.45) is 6.37. The molecule has 1 aromatic heterocycles. The summed E-state index contributed by atoms with van der Waals surface area (Å²) in [7, 11) is 0. The number of hydrogen-bond acceptors (Lipinski definition) is 3. The summed E-state index contributed by atoms with van der Waals surface area (Å²) in [6.45, 7) is 9.06. The van der Waals surface area contributed by atoms with Gasteiger partial charge in [0.25, 0.3) is 0 Å². The highest BCUT2D eigenvalue weighted by molar-refractivity contribution is 9.10. The highest BCUT2D eigenvalue weighted by Crippen LogP contribution is 2.28. The molecule has 2 heterocycles. The molecular formula is C15H26BrCl2N3. The van der Waals surface area contributed by atoms with E-state index in [4.69, 9.17) is 0 Å². The molecule has 6 heteroatoms. The van der Waals surface area contributed by atoms with Gasteiger partial charge in [-0.3, -0.25) is 9.88 Å². The third-order valence-electron chi connectivity index (χ3n) is 3.72. The molecule has 0 aliphatic carbocycles. The lowest BCUT2D eigenvalue weighted by atomic mass is 9.97. The smallest absolute Gasteiger partial charge is 0.0410 e. The molecule has 1 aliphatic heterocycles. The Morgan fingerprint density at radius 1 is 1.19 bits per heavy atom. The molecule has 122 valence electrons. The van der Waals surface area contributed by atoms with Crippen LogP contribution in [0.5, 0.6) is 0 Å². The molecule has 1 aliphatic rings. The van der Waals surface area contributed by atoms with Crippen molar-refractivity contribution in [1.29, 1.82) is 0 Å². The number of aromatic nitrogens is 1. The molecule has 0 spiro atoms. The summed E-state index contributed by atoms with van der Waals surface area (Å²) in [4.78, 5) is 6.94. The first kappa shape index (κ1) is 21.1. The second-order valence-electron chi connectivity index (χ2n) is 5.71. The molecule has 1 N–H and O–H groups in total. The van der Waals surface area contributed by atoms with Gasteiger partial charge in [-0.15, -0.1) is 24.8 Å². The number of pyridine rings is 1. The second-order valence-corrected chi connectivity index (χ2v) is 6.63. The molecule has 1 aromatic rings. The van der Waals surface area contributed by atoms with Crippen LogP contribution in [-0.4, -0.2) is 36.1 Å². The van der Waals surface area contributed by atoms with Crippen molar-refractivity contribution in [2.45, 2.75) is 32.7 Å². The minimum Gasteiger partial charge on any atom is -0.314 e. The fraction of sp³-hybridized carbons (Fsp3) is 0.667. The summed E-state index contributed by atoms with van der Waals surface area (Å²) in [5, 5.41) is 3.43. The molecule has 0 saturated carbocycles. The van der Waals surface area contributed by atoms with Gasteiger partial charge in [0.15, 0.2) is 0 Å². The Balaban J connectivity index is 0.00000200. The molecule has 0 bridgehead atoms.